The van der Waals surface area contributed by atoms with Crippen molar-refractivity contribution in [3.05, 3.63) is 54.1 Å². The molecule has 2 aromatic rings. The van der Waals surface area contributed by atoms with E-state index < -0.39 is 11.6 Å². The van der Waals surface area contributed by atoms with Gasteiger partial charge in [-0.1, -0.05) is 30.3 Å². The van der Waals surface area contributed by atoms with E-state index in [2.05, 4.69) is 0 Å². The van der Waals surface area contributed by atoms with Gasteiger partial charge < -0.3 is 5.73 Å². The highest BCUT2D eigenvalue weighted by Crippen LogP contribution is 2.27. The van der Waals surface area contributed by atoms with Gasteiger partial charge in [-0.25, -0.2) is 8.78 Å². The molecule has 0 amide bonds. The number of hydrogen-bond acceptors (Lipinski definition) is 1. The maximum absolute atomic E-state index is 13.5. The largest absolute Gasteiger partial charge is 0.399 e. The second kappa shape index (κ2) is 3.69. The zero-order valence-corrected chi connectivity index (χ0v) is 7.87. The summed E-state index contributed by atoms with van der Waals surface area (Å²) < 4.78 is 27.0. The van der Waals surface area contributed by atoms with Gasteiger partial charge in [0.15, 0.2) is 0 Å². The van der Waals surface area contributed by atoms with Crippen molar-refractivity contribution in [2.24, 2.45) is 0 Å². The molecule has 0 saturated carbocycles. The smallest absolute Gasteiger partial charge is 0.136 e. The number of rotatable bonds is 1. The van der Waals surface area contributed by atoms with Crippen LogP contribution >= 0.6 is 0 Å². The van der Waals surface area contributed by atoms with Gasteiger partial charge in [-0.2, -0.15) is 0 Å². The zero-order valence-electron chi connectivity index (χ0n) is 7.87. The molecule has 0 saturated heterocycles. The summed E-state index contributed by atoms with van der Waals surface area (Å²) >= 11 is 0. The quantitative estimate of drug-likeness (QED) is 0.712. The van der Waals surface area contributed by atoms with Crippen LogP contribution in [0.4, 0.5) is 14.5 Å². The van der Waals surface area contributed by atoms with Crippen molar-refractivity contribution in [1.29, 1.82) is 0 Å². The summed E-state index contributed by atoms with van der Waals surface area (Å²) in [6.45, 7) is 0. The van der Waals surface area contributed by atoms with E-state index in [4.69, 9.17) is 5.73 Å². The Morgan fingerprint density at radius 1 is 0.933 bits per heavy atom. The Balaban J connectivity index is 0.00000128. The highest BCUT2D eigenvalue weighted by Gasteiger charge is 2.11. The number of hydrogen-bond donors (Lipinski definition) is 1. The number of benzene rings is 2. The van der Waals surface area contributed by atoms with Crippen molar-refractivity contribution in [3.63, 3.8) is 0 Å². The minimum Gasteiger partial charge on any atom is -0.399 e. The molecule has 0 bridgehead atoms. The Bertz CT molecular complexity index is 463. The summed E-state index contributed by atoms with van der Waals surface area (Å²) in [5, 5.41) is 0. The molecule has 0 aromatic heterocycles. The van der Waals surface area contributed by atoms with Gasteiger partial charge >= 0.3 is 0 Å². The van der Waals surface area contributed by atoms with Gasteiger partial charge in [-0.05, 0) is 17.7 Å². The van der Waals surface area contributed by atoms with E-state index in [-0.39, 0.29) is 12.7 Å². The molecule has 0 aliphatic heterocycles. The van der Waals surface area contributed by atoms with Crippen LogP contribution in [0.5, 0.6) is 0 Å². The third-order valence-corrected chi connectivity index (χ3v) is 2.13. The van der Waals surface area contributed by atoms with Gasteiger partial charge in [0.05, 0.1) is 5.56 Å². The second-order valence-corrected chi connectivity index (χ2v) is 3.23. The van der Waals surface area contributed by atoms with E-state index in [0.717, 1.165) is 12.1 Å². The monoisotopic (exact) mass is 207 g/mol. The second-order valence-electron chi connectivity index (χ2n) is 3.23. The molecular formula is C12H11F2N. The molecule has 0 aliphatic rings. The molecule has 2 aromatic carbocycles. The fraction of sp³-hybridized carbons (Fsp3) is 0. The van der Waals surface area contributed by atoms with Crippen LogP contribution in [-0.2, 0) is 0 Å². The molecule has 15 heavy (non-hydrogen) atoms. The molecule has 0 fully saturated rings. The summed E-state index contributed by atoms with van der Waals surface area (Å²) in [5.41, 5.74) is 5.88. The van der Waals surface area contributed by atoms with Crippen LogP contribution in [0.1, 0.15) is 1.43 Å². The topological polar surface area (TPSA) is 26.0 Å². The van der Waals surface area contributed by atoms with Gasteiger partial charge in [0, 0.05) is 7.11 Å². The average Bonchev–Trinajstić information content (AvgIpc) is 2.17. The first kappa shape index (κ1) is 9.65. The van der Waals surface area contributed by atoms with Crippen molar-refractivity contribution in [1.82, 2.24) is 0 Å². The van der Waals surface area contributed by atoms with E-state index >= 15 is 0 Å². The fourth-order valence-electron chi connectivity index (χ4n) is 1.47. The zero-order chi connectivity index (χ0) is 10.8. The van der Waals surface area contributed by atoms with E-state index in [1.165, 1.54) is 0 Å². The summed E-state index contributed by atoms with van der Waals surface area (Å²) in [5.74, 6) is -1.28. The summed E-state index contributed by atoms with van der Waals surface area (Å²) in [4.78, 5) is 0. The Labute approximate surface area is 87.6 Å². The van der Waals surface area contributed by atoms with Crippen molar-refractivity contribution in [2.45, 2.75) is 0 Å². The first-order valence-electron chi connectivity index (χ1n) is 4.48. The van der Waals surface area contributed by atoms with Gasteiger partial charge in [-0.15, -0.1) is 0 Å². The minimum absolute atomic E-state index is 0. The Hall–Kier alpha value is -1.90. The van der Waals surface area contributed by atoms with Crippen LogP contribution in [0.25, 0.3) is 11.1 Å². The fourth-order valence-corrected chi connectivity index (χ4v) is 1.47. The molecule has 1 nitrogen and oxygen atoms in total. The number of halogens is 2. The highest BCUT2D eigenvalue weighted by atomic mass is 19.1. The standard InChI is InChI=1S/C12H9F2N.H2/c13-10-6-9(15)7-11(14)12(10)8-4-2-1-3-5-8;/h1-7H,15H2;1H. The van der Waals surface area contributed by atoms with Crippen molar-refractivity contribution >= 4 is 5.69 Å². The summed E-state index contributed by atoms with van der Waals surface area (Å²) in [7, 11) is 0. The molecule has 3 heteroatoms. The Morgan fingerprint density at radius 2 is 1.47 bits per heavy atom. The van der Waals surface area contributed by atoms with Crippen molar-refractivity contribution in [3.8, 4) is 11.1 Å². The van der Waals surface area contributed by atoms with E-state index in [0.29, 0.717) is 5.56 Å². The number of anilines is 1. The molecule has 0 heterocycles. The van der Waals surface area contributed by atoms with Crippen LogP contribution < -0.4 is 5.73 Å². The maximum atomic E-state index is 13.5. The van der Waals surface area contributed by atoms with Gasteiger partial charge in [-0.3, -0.25) is 0 Å². The molecule has 0 unspecified atom stereocenters. The lowest BCUT2D eigenvalue weighted by Crippen LogP contribution is -1.94. The Morgan fingerprint density at radius 3 is 2.00 bits per heavy atom. The molecule has 2 rings (SSSR count). The molecule has 0 spiro atoms. The number of nitrogen functional groups attached to an aromatic ring is 1. The van der Waals surface area contributed by atoms with Crippen molar-refractivity contribution in [2.75, 3.05) is 5.73 Å². The lowest BCUT2D eigenvalue weighted by atomic mass is 10.0. The molecule has 0 aliphatic carbocycles. The molecular weight excluding hydrogens is 196 g/mol. The molecule has 0 atom stereocenters. The minimum atomic E-state index is -0.640. The highest BCUT2D eigenvalue weighted by molar-refractivity contribution is 5.67. The van der Waals surface area contributed by atoms with Gasteiger partial charge in [0.1, 0.15) is 11.6 Å². The maximum Gasteiger partial charge on any atom is 0.136 e. The lowest BCUT2D eigenvalue weighted by molar-refractivity contribution is 0.591. The van der Waals surface area contributed by atoms with Crippen LogP contribution in [0, 0.1) is 11.6 Å². The predicted molar refractivity (Wildman–Crippen MR) is 58.3 cm³/mol. The van der Waals surface area contributed by atoms with E-state index in [9.17, 15) is 8.78 Å². The van der Waals surface area contributed by atoms with E-state index in [1.807, 2.05) is 0 Å². The molecule has 2 N–H and O–H groups in total. The average molecular weight is 207 g/mol. The molecule has 78 valence electrons. The third-order valence-electron chi connectivity index (χ3n) is 2.13. The third kappa shape index (κ3) is 1.81. The SMILES string of the molecule is Nc1cc(F)c(-c2ccccc2)c(F)c1.[HH]. The normalized spacial score (nSPS) is 10.3. The van der Waals surface area contributed by atoms with Gasteiger partial charge in [0.2, 0.25) is 0 Å². The van der Waals surface area contributed by atoms with Crippen LogP contribution in [0.3, 0.4) is 0 Å². The van der Waals surface area contributed by atoms with Crippen molar-refractivity contribution < 1.29 is 10.2 Å². The number of nitrogens with two attached hydrogens (primary N) is 1. The van der Waals surface area contributed by atoms with Crippen LogP contribution in [0.15, 0.2) is 42.5 Å². The van der Waals surface area contributed by atoms with Crippen LogP contribution in [0.2, 0.25) is 0 Å². The predicted octanol–water partition coefficient (Wildman–Crippen LogP) is 3.46. The van der Waals surface area contributed by atoms with Gasteiger partial charge in [0.25, 0.3) is 0 Å². The van der Waals surface area contributed by atoms with Crippen LogP contribution in [-0.4, -0.2) is 0 Å². The Kier molecular flexibility index (Phi) is 2.37. The van der Waals surface area contributed by atoms with E-state index in [1.54, 1.807) is 30.3 Å². The first-order chi connectivity index (χ1) is 7.18. The first-order valence-corrected chi connectivity index (χ1v) is 4.48. The molecule has 0 radical (unpaired) electrons. The summed E-state index contributed by atoms with van der Waals surface area (Å²) in [6, 6.07) is 10.8. The lowest BCUT2D eigenvalue weighted by Gasteiger charge is -2.05. The summed E-state index contributed by atoms with van der Waals surface area (Å²) in [6.07, 6.45) is 0.